The van der Waals surface area contributed by atoms with Gasteiger partial charge in [0.25, 0.3) is 0 Å². The molecule has 2 aromatic rings. The first-order valence-electron chi connectivity index (χ1n) is 9.17. The Balaban J connectivity index is 1.64. The van der Waals surface area contributed by atoms with Crippen molar-refractivity contribution in [3.05, 3.63) is 48.5 Å². The Bertz CT molecular complexity index is 989. The van der Waals surface area contributed by atoms with Crippen molar-refractivity contribution in [2.75, 3.05) is 23.7 Å². The highest BCUT2D eigenvalue weighted by atomic mass is 32.2. The van der Waals surface area contributed by atoms with Crippen molar-refractivity contribution >= 4 is 27.4 Å². The third-order valence-corrected chi connectivity index (χ3v) is 6.29. The van der Waals surface area contributed by atoms with Crippen LogP contribution >= 0.6 is 0 Å². The Morgan fingerprint density at radius 2 is 1.57 bits per heavy atom. The van der Waals surface area contributed by atoms with E-state index in [0.717, 1.165) is 31.4 Å². The van der Waals surface area contributed by atoms with Crippen LogP contribution in [0, 0.1) is 0 Å². The second-order valence-corrected chi connectivity index (χ2v) is 8.58. The van der Waals surface area contributed by atoms with Crippen molar-refractivity contribution in [1.82, 2.24) is 4.31 Å². The summed E-state index contributed by atoms with van der Waals surface area (Å²) < 4.78 is 67.2. The number of nitrogens with one attached hydrogen (secondary N) is 2. The fourth-order valence-electron chi connectivity index (χ4n) is 3.02. The molecule has 162 valence electrons. The van der Waals surface area contributed by atoms with E-state index >= 15 is 0 Å². The van der Waals surface area contributed by atoms with Gasteiger partial charge >= 0.3 is 12.4 Å². The predicted octanol–water partition coefficient (Wildman–Crippen LogP) is 4.40. The summed E-state index contributed by atoms with van der Waals surface area (Å²) in [6, 6.07) is 9.84. The normalized spacial score (nSPS) is 15.4. The summed E-state index contributed by atoms with van der Waals surface area (Å²) in [5, 5.41) is 4.97. The molecule has 0 atom stereocenters. The summed E-state index contributed by atoms with van der Waals surface area (Å²) in [6.45, 7) is 0.934. The highest BCUT2D eigenvalue weighted by molar-refractivity contribution is 7.89. The van der Waals surface area contributed by atoms with Gasteiger partial charge in [-0.05, 0) is 55.3 Å². The fraction of sp³-hybridized carbons (Fsp3) is 0.316. The van der Waals surface area contributed by atoms with Gasteiger partial charge in [-0.3, -0.25) is 0 Å². The minimum absolute atomic E-state index is 0.0795. The zero-order valence-electron chi connectivity index (χ0n) is 15.8. The topological polar surface area (TPSA) is 87.7 Å². The molecule has 0 radical (unpaired) electrons. The number of nitrogens with zero attached hydrogens (tertiary/aromatic N) is 1. The summed E-state index contributed by atoms with van der Waals surface area (Å²) in [6.07, 6.45) is -2.18. The lowest BCUT2D eigenvalue weighted by Gasteiger charge is -2.26. The predicted molar refractivity (Wildman–Crippen MR) is 105 cm³/mol. The van der Waals surface area contributed by atoms with Gasteiger partial charge in [0.15, 0.2) is 0 Å². The van der Waals surface area contributed by atoms with Crippen LogP contribution in [-0.2, 0) is 10.0 Å². The Morgan fingerprint density at radius 3 is 2.20 bits per heavy atom. The molecule has 2 amide bonds. The van der Waals surface area contributed by atoms with Gasteiger partial charge in [-0.2, -0.15) is 4.31 Å². The molecule has 0 bridgehead atoms. The molecule has 1 aliphatic heterocycles. The van der Waals surface area contributed by atoms with E-state index in [9.17, 15) is 26.4 Å². The van der Waals surface area contributed by atoms with Crippen LogP contribution in [0.3, 0.4) is 0 Å². The standard InChI is InChI=1S/C19H20F3N3O4S/c20-19(21,22)29-16-9-7-14(8-10-16)23-18(26)24-15-5-4-6-17(13-15)30(27,28)25-11-2-1-3-12-25/h4-10,13H,1-3,11-12H2,(H2,23,24,26). The number of rotatable bonds is 5. The highest BCUT2D eigenvalue weighted by Gasteiger charge is 2.31. The number of carbonyl (C=O) groups is 1. The lowest BCUT2D eigenvalue weighted by molar-refractivity contribution is -0.274. The van der Waals surface area contributed by atoms with Crippen molar-refractivity contribution < 1.29 is 31.1 Å². The first kappa shape index (κ1) is 21.9. The molecule has 1 aliphatic rings. The van der Waals surface area contributed by atoms with Crippen LogP contribution in [0.25, 0.3) is 0 Å². The van der Waals surface area contributed by atoms with Crippen LogP contribution in [0.2, 0.25) is 0 Å². The zero-order chi connectivity index (χ0) is 21.8. The number of halogens is 3. The first-order valence-corrected chi connectivity index (χ1v) is 10.6. The van der Waals surface area contributed by atoms with Crippen LogP contribution in [0.4, 0.5) is 29.3 Å². The number of sulfonamides is 1. The monoisotopic (exact) mass is 443 g/mol. The molecule has 2 N–H and O–H groups in total. The molecule has 2 aromatic carbocycles. The average molecular weight is 443 g/mol. The summed E-state index contributed by atoms with van der Waals surface area (Å²) in [5.41, 5.74) is 0.502. The number of hydrogen-bond acceptors (Lipinski definition) is 4. The molecular formula is C19H20F3N3O4S. The van der Waals surface area contributed by atoms with Crippen LogP contribution in [0.15, 0.2) is 53.4 Å². The van der Waals surface area contributed by atoms with Crippen LogP contribution in [0.1, 0.15) is 19.3 Å². The minimum atomic E-state index is -4.80. The molecule has 3 rings (SSSR count). The molecule has 1 saturated heterocycles. The van der Waals surface area contributed by atoms with Crippen LogP contribution in [-0.4, -0.2) is 38.2 Å². The number of ether oxygens (including phenoxy) is 1. The molecule has 0 unspecified atom stereocenters. The van der Waals surface area contributed by atoms with E-state index in [2.05, 4.69) is 15.4 Å². The second kappa shape index (κ2) is 8.92. The molecular weight excluding hydrogens is 423 g/mol. The van der Waals surface area contributed by atoms with Gasteiger partial charge in [0.05, 0.1) is 4.90 Å². The molecule has 0 saturated carbocycles. The number of hydrogen-bond donors (Lipinski definition) is 2. The number of alkyl halides is 3. The number of amides is 2. The molecule has 0 aliphatic carbocycles. The van der Waals surface area contributed by atoms with Gasteiger partial charge in [0, 0.05) is 24.5 Å². The quantitative estimate of drug-likeness (QED) is 0.717. The van der Waals surface area contributed by atoms with Gasteiger partial charge in [0.2, 0.25) is 10.0 Å². The summed E-state index contributed by atoms with van der Waals surface area (Å²) in [4.78, 5) is 12.2. The summed E-state index contributed by atoms with van der Waals surface area (Å²) >= 11 is 0. The lowest BCUT2D eigenvalue weighted by atomic mass is 10.2. The first-order chi connectivity index (χ1) is 14.1. The zero-order valence-corrected chi connectivity index (χ0v) is 16.6. The van der Waals surface area contributed by atoms with Gasteiger partial charge in [-0.15, -0.1) is 13.2 Å². The Labute approximate surface area is 171 Å². The van der Waals surface area contributed by atoms with E-state index in [1.807, 2.05) is 0 Å². The number of piperidine rings is 1. The van der Waals surface area contributed by atoms with E-state index in [4.69, 9.17) is 0 Å². The van der Waals surface area contributed by atoms with Crippen LogP contribution in [0.5, 0.6) is 5.75 Å². The maximum absolute atomic E-state index is 12.8. The van der Waals surface area contributed by atoms with Crippen molar-refractivity contribution in [3.8, 4) is 5.75 Å². The molecule has 0 aromatic heterocycles. The average Bonchev–Trinajstić information content (AvgIpc) is 2.69. The number of benzene rings is 2. The van der Waals surface area contributed by atoms with E-state index in [-0.39, 0.29) is 16.3 Å². The second-order valence-electron chi connectivity index (χ2n) is 6.64. The van der Waals surface area contributed by atoms with Gasteiger partial charge < -0.3 is 15.4 Å². The maximum Gasteiger partial charge on any atom is 0.573 e. The van der Waals surface area contributed by atoms with E-state index < -0.39 is 28.2 Å². The van der Waals surface area contributed by atoms with Crippen molar-refractivity contribution in [2.45, 2.75) is 30.5 Å². The number of urea groups is 1. The molecule has 30 heavy (non-hydrogen) atoms. The lowest BCUT2D eigenvalue weighted by Crippen LogP contribution is -2.35. The van der Waals surface area contributed by atoms with Gasteiger partial charge in [-0.1, -0.05) is 12.5 Å². The molecule has 11 heteroatoms. The molecule has 0 spiro atoms. The summed E-state index contributed by atoms with van der Waals surface area (Å²) in [7, 11) is -3.64. The van der Waals surface area contributed by atoms with Gasteiger partial charge in [0.1, 0.15) is 5.75 Å². The van der Waals surface area contributed by atoms with E-state index in [1.165, 1.54) is 40.7 Å². The molecule has 1 heterocycles. The SMILES string of the molecule is O=C(Nc1ccc(OC(F)(F)F)cc1)Nc1cccc(S(=O)(=O)N2CCCCC2)c1. The number of anilines is 2. The smallest absolute Gasteiger partial charge is 0.406 e. The number of carbonyl (C=O) groups excluding carboxylic acids is 1. The Hall–Kier alpha value is -2.79. The van der Waals surface area contributed by atoms with Crippen molar-refractivity contribution in [3.63, 3.8) is 0 Å². The highest BCUT2D eigenvalue weighted by Crippen LogP contribution is 2.25. The van der Waals surface area contributed by atoms with Crippen molar-refractivity contribution in [2.24, 2.45) is 0 Å². The van der Waals surface area contributed by atoms with Gasteiger partial charge in [-0.25, -0.2) is 13.2 Å². The minimum Gasteiger partial charge on any atom is -0.406 e. The third kappa shape index (κ3) is 5.86. The summed E-state index contributed by atoms with van der Waals surface area (Å²) in [5.74, 6) is -0.413. The third-order valence-electron chi connectivity index (χ3n) is 4.39. The van der Waals surface area contributed by atoms with E-state index in [1.54, 1.807) is 0 Å². The molecule has 1 fully saturated rings. The van der Waals surface area contributed by atoms with Crippen LogP contribution < -0.4 is 15.4 Å². The molecule has 7 nitrogen and oxygen atoms in total. The Morgan fingerprint density at radius 1 is 0.933 bits per heavy atom. The largest absolute Gasteiger partial charge is 0.573 e. The van der Waals surface area contributed by atoms with E-state index in [0.29, 0.717) is 13.1 Å². The Kier molecular flexibility index (Phi) is 6.52. The fourth-order valence-corrected chi connectivity index (χ4v) is 4.59. The van der Waals surface area contributed by atoms with Crippen molar-refractivity contribution in [1.29, 1.82) is 0 Å². The maximum atomic E-state index is 12.8.